The molecular weight excluding hydrogens is 403 g/mol. The summed E-state index contributed by atoms with van der Waals surface area (Å²) in [6.07, 6.45) is 1.09. The minimum atomic E-state index is 0.0143. The summed E-state index contributed by atoms with van der Waals surface area (Å²) in [5, 5.41) is 4.68. The van der Waals surface area contributed by atoms with Gasteiger partial charge in [-0.3, -0.25) is 4.90 Å². The molecule has 1 fully saturated rings. The lowest BCUT2D eigenvalue weighted by atomic mass is 9.96. The highest BCUT2D eigenvalue weighted by Gasteiger charge is 2.26. The molecule has 0 saturated carbocycles. The molecule has 0 spiro atoms. The minimum absolute atomic E-state index is 0.0143. The zero-order valence-corrected chi connectivity index (χ0v) is 17.7. The predicted molar refractivity (Wildman–Crippen MR) is 120 cm³/mol. The van der Waals surface area contributed by atoms with Crippen molar-refractivity contribution in [3.63, 3.8) is 0 Å². The van der Waals surface area contributed by atoms with Gasteiger partial charge in [0.05, 0.1) is 16.1 Å². The van der Waals surface area contributed by atoms with E-state index in [1.807, 2.05) is 54.6 Å². The fraction of sp³-hybridized carbons (Fsp3) is 0.250. The second-order valence-electron chi connectivity index (χ2n) is 7.17. The number of rotatable bonds is 5. The van der Waals surface area contributed by atoms with Gasteiger partial charge in [-0.15, -0.1) is 0 Å². The summed E-state index contributed by atoms with van der Waals surface area (Å²) in [6.45, 7) is 3.92. The third-order valence-electron chi connectivity index (χ3n) is 5.17. The average Bonchev–Trinajstić information content (AvgIpc) is 3.02. The Hall–Kier alpha value is -2.04. The van der Waals surface area contributed by atoms with Crippen molar-refractivity contribution in [1.82, 2.24) is 10.2 Å². The monoisotopic (exact) mass is 426 g/mol. The van der Waals surface area contributed by atoms with Crippen LogP contribution in [0.3, 0.4) is 0 Å². The van der Waals surface area contributed by atoms with Crippen LogP contribution >= 0.6 is 23.2 Å². The summed E-state index contributed by atoms with van der Waals surface area (Å²) in [6, 6.07) is 24.0. The highest BCUT2D eigenvalue weighted by molar-refractivity contribution is 6.42. The molecule has 1 saturated heterocycles. The van der Waals surface area contributed by atoms with Gasteiger partial charge >= 0.3 is 0 Å². The van der Waals surface area contributed by atoms with Gasteiger partial charge in [0.25, 0.3) is 0 Å². The molecule has 3 aromatic rings. The first-order valence-corrected chi connectivity index (χ1v) is 10.7. The Morgan fingerprint density at radius 2 is 1.62 bits per heavy atom. The molecule has 5 heteroatoms. The van der Waals surface area contributed by atoms with Crippen molar-refractivity contribution in [2.75, 3.05) is 26.2 Å². The normalized spacial score (nSPS) is 16.2. The Labute approximate surface area is 182 Å². The van der Waals surface area contributed by atoms with Crippen molar-refractivity contribution in [2.24, 2.45) is 0 Å². The Morgan fingerprint density at radius 1 is 0.828 bits per heavy atom. The van der Waals surface area contributed by atoms with E-state index in [4.69, 9.17) is 27.9 Å². The van der Waals surface area contributed by atoms with E-state index in [9.17, 15) is 0 Å². The Balaban J connectivity index is 1.72. The smallest absolute Gasteiger partial charge is 0.127 e. The molecule has 1 aliphatic rings. The minimum Gasteiger partial charge on any atom is -0.457 e. The Bertz CT molecular complexity index is 941. The standard InChI is InChI=1S/C24H24Cl2N2O/c25-22-12-5-11-21(23(22)26)24(28-15-6-13-27-14-16-28)18-7-4-10-20(17-18)29-19-8-2-1-3-9-19/h1-5,7-12,17,24,27H,6,13-16H2. The van der Waals surface area contributed by atoms with Gasteiger partial charge in [-0.25, -0.2) is 0 Å². The molecule has 1 aliphatic heterocycles. The number of hydrogen-bond donors (Lipinski definition) is 1. The number of nitrogens with one attached hydrogen (secondary N) is 1. The van der Waals surface area contributed by atoms with Crippen LogP contribution in [-0.4, -0.2) is 31.1 Å². The van der Waals surface area contributed by atoms with Crippen LogP contribution in [0.15, 0.2) is 72.8 Å². The zero-order valence-electron chi connectivity index (χ0n) is 16.2. The number of benzene rings is 3. The maximum atomic E-state index is 6.66. The van der Waals surface area contributed by atoms with Crippen LogP contribution in [-0.2, 0) is 0 Å². The molecule has 4 rings (SSSR count). The van der Waals surface area contributed by atoms with Gasteiger partial charge < -0.3 is 10.1 Å². The average molecular weight is 427 g/mol. The molecular formula is C24H24Cl2N2O. The Morgan fingerprint density at radius 3 is 2.48 bits per heavy atom. The summed E-state index contributed by atoms with van der Waals surface area (Å²) in [5.74, 6) is 1.63. The van der Waals surface area contributed by atoms with Crippen molar-refractivity contribution in [3.05, 3.63) is 94.0 Å². The number of ether oxygens (including phenoxy) is 1. The predicted octanol–water partition coefficient (Wildman–Crippen LogP) is 6.17. The van der Waals surface area contributed by atoms with Gasteiger partial charge in [0, 0.05) is 19.6 Å². The summed E-state index contributed by atoms with van der Waals surface area (Å²) in [5.41, 5.74) is 2.17. The highest BCUT2D eigenvalue weighted by Crippen LogP contribution is 2.38. The molecule has 3 aromatic carbocycles. The van der Waals surface area contributed by atoms with Crippen molar-refractivity contribution >= 4 is 23.2 Å². The lowest BCUT2D eigenvalue weighted by molar-refractivity contribution is 0.241. The number of hydrogen-bond acceptors (Lipinski definition) is 3. The van der Waals surface area contributed by atoms with E-state index in [0.717, 1.165) is 55.2 Å². The van der Waals surface area contributed by atoms with Crippen LogP contribution in [0.2, 0.25) is 10.0 Å². The maximum absolute atomic E-state index is 6.66. The van der Waals surface area contributed by atoms with E-state index >= 15 is 0 Å². The van der Waals surface area contributed by atoms with Crippen molar-refractivity contribution in [3.8, 4) is 11.5 Å². The molecule has 1 atom stereocenters. The first-order chi connectivity index (χ1) is 14.2. The largest absolute Gasteiger partial charge is 0.457 e. The Kier molecular flexibility index (Phi) is 6.73. The van der Waals surface area contributed by atoms with Crippen molar-refractivity contribution < 1.29 is 4.74 Å². The molecule has 0 bridgehead atoms. The van der Waals surface area contributed by atoms with Crippen LogP contribution in [0.25, 0.3) is 0 Å². The second kappa shape index (κ2) is 9.64. The van der Waals surface area contributed by atoms with Crippen LogP contribution < -0.4 is 10.1 Å². The first kappa shape index (κ1) is 20.2. The van der Waals surface area contributed by atoms with Crippen LogP contribution in [0, 0.1) is 0 Å². The van der Waals surface area contributed by atoms with Crippen LogP contribution in [0.4, 0.5) is 0 Å². The third kappa shape index (κ3) is 4.93. The quantitative estimate of drug-likeness (QED) is 0.527. The molecule has 3 nitrogen and oxygen atoms in total. The summed E-state index contributed by atoms with van der Waals surface area (Å²) in [4.78, 5) is 2.47. The molecule has 1 N–H and O–H groups in total. The van der Waals surface area contributed by atoms with Gasteiger partial charge in [0.15, 0.2) is 0 Å². The molecule has 150 valence electrons. The lowest BCUT2D eigenvalue weighted by Crippen LogP contribution is -2.33. The maximum Gasteiger partial charge on any atom is 0.127 e. The number of halogens is 2. The number of nitrogens with zero attached hydrogens (tertiary/aromatic N) is 1. The number of para-hydroxylation sites is 1. The van der Waals surface area contributed by atoms with Gasteiger partial charge in [-0.2, -0.15) is 0 Å². The first-order valence-electron chi connectivity index (χ1n) is 9.94. The van der Waals surface area contributed by atoms with E-state index in [1.165, 1.54) is 0 Å². The molecule has 29 heavy (non-hydrogen) atoms. The highest BCUT2D eigenvalue weighted by atomic mass is 35.5. The molecule has 1 heterocycles. The van der Waals surface area contributed by atoms with E-state index in [2.05, 4.69) is 28.4 Å². The molecule has 0 amide bonds. The van der Waals surface area contributed by atoms with E-state index in [-0.39, 0.29) is 6.04 Å². The van der Waals surface area contributed by atoms with Gasteiger partial charge in [0.2, 0.25) is 0 Å². The second-order valence-corrected chi connectivity index (χ2v) is 7.96. The molecule has 0 aliphatic carbocycles. The fourth-order valence-electron chi connectivity index (χ4n) is 3.82. The fourth-order valence-corrected chi connectivity index (χ4v) is 4.23. The van der Waals surface area contributed by atoms with Crippen LogP contribution in [0.5, 0.6) is 11.5 Å². The third-order valence-corrected chi connectivity index (χ3v) is 6.00. The zero-order chi connectivity index (χ0) is 20.1. The van der Waals surface area contributed by atoms with Gasteiger partial charge in [-0.05, 0) is 54.4 Å². The lowest BCUT2D eigenvalue weighted by Gasteiger charge is -2.32. The van der Waals surface area contributed by atoms with Gasteiger partial charge in [-0.1, -0.05) is 65.7 Å². The summed E-state index contributed by atoms with van der Waals surface area (Å²) < 4.78 is 6.08. The van der Waals surface area contributed by atoms with Gasteiger partial charge in [0.1, 0.15) is 11.5 Å². The summed E-state index contributed by atoms with van der Waals surface area (Å²) in [7, 11) is 0. The SMILES string of the molecule is Clc1cccc(C(c2cccc(Oc3ccccc3)c2)N2CCCNCC2)c1Cl. The van der Waals surface area contributed by atoms with E-state index in [0.29, 0.717) is 10.0 Å². The van der Waals surface area contributed by atoms with E-state index in [1.54, 1.807) is 0 Å². The summed E-state index contributed by atoms with van der Waals surface area (Å²) >= 11 is 13.0. The molecule has 0 aromatic heterocycles. The topological polar surface area (TPSA) is 24.5 Å². The van der Waals surface area contributed by atoms with Crippen LogP contribution in [0.1, 0.15) is 23.6 Å². The molecule has 1 unspecified atom stereocenters. The van der Waals surface area contributed by atoms with Crippen molar-refractivity contribution in [1.29, 1.82) is 0 Å². The van der Waals surface area contributed by atoms with Crippen molar-refractivity contribution in [2.45, 2.75) is 12.5 Å². The molecule has 0 radical (unpaired) electrons. The van der Waals surface area contributed by atoms with E-state index < -0.39 is 0 Å².